The first-order valence-electron chi connectivity index (χ1n) is 6.31. The molecule has 0 amide bonds. The molecule has 102 valence electrons. The second-order valence-electron chi connectivity index (χ2n) is 5.44. The highest BCUT2D eigenvalue weighted by Crippen LogP contribution is 2.17. The summed E-state index contributed by atoms with van der Waals surface area (Å²) in [5.74, 6) is -0.756. The number of rotatable bonds is 6. The van der Waals surface area contributed by atoms with Gasteiger partial charge in [-0.05, 0) is 27.7 Å². The van der Waals surface area contributed by atoms with Crippen LogP contribution in [0.2, 0.25) is 0 Å². The largest absolute Gasteiger partial charge is 0.481 e. The number of carboxylic acids is 1. The van der Waals surface area contributed by atoms with Crippen molar-refractivity contribution in [3.05, 3.63) is 18.0 Å². The summed E-state index contributed by atoms with van der Waals surface area (Å²) in [5, 5.41) is 13.0. The van der Waals surface area contributed by atoms with Crippen LogP contribution in [-0.2, 0) is 17.9 Å². The Hall–Kier alpha value is -1.36. The van der Waals surface area contributed by atoms with Crippen molar-refractivity contribution in [2.75, 3.05) is 6.54 Å². The molecule has 0 atom stereocenters. The fourth-order valence-electron chi connectivity index (χ4n) is 1.76. The monoisotopic (exact) mass is 253 g/mol. The molecule has 5 heteroatoms. The van der Waals surface area contributed by atoms with Gasteiger partial charge in [-0.2, -0.15) is 5.10 Å². The van der Waals surface area contributed by atoms with Gasteiger partial charge >= 0.3 is 5.97 Å². The van der Waals surface area contributed by atoms with Crippen molar-refractivity contribution >= 4 is 5.97 Å². The molecular weight excluding hydrogens is 230 g/mol. The molecule has 1 rings (SSSR count). The maximum absolute atomic E-state index is 10.7. The molecule has 0 bridgehead atoms. The molecule has 5 nitrogen and oxygen atoms in total. The Kier molecular flexibility index (Phi) is 4.90. The Balaban J connectivity index is 2.68. The maximum Gasteiger partial charge on any atom is 0.304 e. The lowest BCUT2D eigenvalue weighted by Crippen LogP contribution is -2.41. The van der Waals surface area contributed by atoms with Gasteiger partial charge in [-0.3, -0.25) is 14.4 Å². The molecule has 0 saturated heterocycles. The highest BCUT2D eigenvalue weighted by atomic mass is 16.4. The summed E-state index contributed by atoms with van der Waals surface area (Å²) in [5.41, 5.74) is 1.07. The van der Waals surface area contributed by atoms with E-state index < -0.39 is 5.97 Å². The second kappa shape index (κ2) is 6.00. The smallest absolute Gasteiger partial charge is 0.304 e. The lowest BCUT2D eigenvalue weighted by Gasteiger charge is -2.35. The van der Waals surface area contributed by atoms with E-state index in [-0.39, 0.29) is 12.0 Å². The number of carbonyl (C=O) groups is 1. The summed E-state index contributed by atoms with van der Waals surface area (Å²) in [6.45, 7) is 10.5. The van der Waals surface area contributed by atoms with Gasteiger partial charge in [0.05, 0.1) is 12.6 Å². The van der Waals surface area contributed by atoms with E-state index in [9.17, 15) is 4.79 Å². The summed E-state index contributed by atoms with van der Waals surface area (Å²) in [7, 11) is 0. The van der Waals surface area contributed by atoms with E-state index >= 15 is 0 Å². The van der Waals surface area contributed by atoms with Gasteiger partial charge in [0.25, 0.3) is 0 Å². The van der Waals surface area contributed by atoms with E-state index in [4.69, 9.17) is 5.11 Å². The quantitative estimate of drug-likeness (QED) is 0.842. The molecular formula is C13H23N3O2. The van der Waals surface area contributed by atoms with E-state index in [2.05, 4.69) is 30.8 Å². The highest BCUT2D eigenvalue weighted by molar-refractivity contribution is 5.66. The van der Waals surface area contributed by atoms with E-state index in [1.54, 1.807) is 0 Å². The SMILES string of the molecule is CCn1cc(CN(CCC(=O)O)C(C)(C)C)cn1. The molecule has 0 spiro atoms. The number of aryl methyl sites for hydroxylation is 1. The molecule has 0 unspecified atom stereocenters. The fraction of sp³-hybridized carbons (Fsp3) is 0.692. The van der Waals surface area contributed by atoms with Crippen LogP contribution in [0.15, 0.2) is 12.4 Å². The third kappa shape index (κ3) is 4.49. The molecule has 1 aromatic rings. The van der Waals surface area contributed by atoms with Crippen molar-refractivity contribution < 1.29 is 9.90 Å². The van der Waals surface area contributed by atoms with Crippen LogP contribution in [0.4, 0.5) is 0 Å². The first-order valence-corrected chi connectivity index (χ1v) is 6.31. The number of aliphatic carboxylic acids is 1. The van der Waals surface area contributed by atoms with Crippen LogP contribution in [-0.4, -0.2) is 37.8 Å². The zero-order chi connectivity index (χ0) is 13.8. The Morgan fingerprint density at radius 3 is 2.61 bits per heavy atom. The van der Waals surface area contributed by atoms with E-state index in [0.29, 0.717) is 6.54 Å². The summed E-state index contributed by atoms with van der Waals surface area (Å²) < 4.78 is 1.88. The fourth-order valence-corrected chi connectivity index (χ4v) is 1.76. The van der Waals surface area contributed by atoms with Gasteiger partial charge in [0.15, 0.2) is 0 Å². The van der Waals surface area contributed by atoms with E-state index in [1.807, 2.05) is 24.0 Å². The molecule has 1 aromatic heterocycles. The molecule has 18 heavy (non-hydrogen) atoms. The number of carboxylic acid groups (broad SMARTS) is 1. The minimum atomic E-state index is -0.756. The number of nitrogens with zero attached hydrogens (tertiary/aromatic N) is 3. The minimum absolute atomic E-state index is 0.0518. The Bertz CT molecular complexity index is 393. The lowest BCUT2D eigenvalue weighted by molar-refractivity contribution is -0.137. The summed E-state index contributed by atoms with van der Waals surface area (Å²) in [6.07, 6.45) is 4.03. The second-order valence-corrected chi connectivity index (χ2v) is 5.44. The summed E-state index contributed by atoms with van der Waals surface area (Å²) in [4.78, 5) is 12.9. The molecule has 0 aliphatic rings. The van der Waals surface area contributed by atoms with Crippen molar-refractivity contribution in [3.8, 4) is 0 Å². The predicted molar refractivity (Wildman–Crippen MR) is 70.3 cm³/mol. The van der Waals surface area contributed by atoms with Crippen molar-refractivity contribution in [2.24, 2.45) is 0 Å². The predicted octanol–water partition coefficient (Wildman–Crippen LogP) is 1.98. The average molecular weight is 253 g/mol. The van der Waals surface area contributed by atoms with Gasteiger partial charge < -0.3 is 5.11 Å². The van der Waals surface area contributed by atoms with Gasteiger partial charge in [0.1, 0.15) is 0 Å². The van der Waals surface area contributed by atoms with Crippen LogP contribution in [0.1, 0.15) is 39.7 Å². The van der Waals surface area contributed by atoms with Crippen molar-refractivity contribution in [2.45, 2.75) is 52.7 Å². The van der Waals surface area contributed by atoms with E-state index in [1.165, 1.54) is 0 Å². The van der Waals surface area contributed by atoms with Crippen LogP contribution >= 0.6 is 0 Å². The van der Waals surface area contributed by atoms with E-state index in [0.717, 1.165) is 18.7 Å². The standard InChI is InChI=1S/C13H23N3O2/c1-5-16-10-11(8-14-16)9-15(13(2,3)4)7-6-12(17)18/h8,10H,5-7,9H2,1-4H3,(H,17,18). The molecule has 0 aliphatic carbocycles. The third-order valence-corrected chi connectivity index (χ3v) is 2.93. The highest BCUT2D eigenvalue weighted by Gasteiger charge is 2.22. The molecule has 1 N–H and O–H groups in total. The third-order valence-electron chi connectivity index (χ3n) is 2.93. The van der Waals surface area contributed by atoms with Gasteiger partial charge in [-0.25, -0.2) is 0 Å². The molecule has 0 saturated carbocycles. The lowest BCUT2D eigenvalue weighted by atomic mass is 10.0. The first kappa shape index (κ1) is 14.7. The van der Waals surface area contributed by atoms with Crippen molar-refractivity contribution in [1.82, 2.24) is 14.7 Å². The first-order chi connectivity index (χ1) is 8.32. The van der Waals surface area contributed by atoms with Crippen LogP contribution in [0.5, 0.6) is 0 Å². The Morgan fingerprint density at radius 1 is 1.50 bits per heavy atom. The molecule has 0 radical (unpaired) electrons. The van der Waals surface area contributed by atoms with Crippen molar-refractivity contribution in [3.63, 3.8) is 0 Å². The summed E-state index contributed by atoms with van der Waals surface area (Å²) >= 11 is 0. The van der Waals surface area contributed by atoms with Crippen LogP contribution in [0.3, 0.4) is 0 Å². The molecule has 0 aromatic carbocycles. The zero-order valence-electron chi connectivity index (χ0n) is 11.7. The van der Waals surface area contributed by atoms with Crippen LogP contribution in [0, 0.1) is 0 Å². The zero-order valence-corrected chi connectivity index (χ0v) is 11.7. The normalized spacial score (nSPS) is 12.1. The molecule has 0 aliphatic heterocycles. The minimum Gasteiger partial charge on any atom is -0.481 e. The van der Waals surface area contributed by atoms with Gasteiger partial charge in [-0.15, -0.1) is 0 Å². The number of hydrogen-bond acceptors (Lipinski definition) is 3. The topological polar surface area (TPSA) is 58.4 Å². The Morgan fingerprint density at radius 2 is 2.17 bits per heavy atom. The Labute approximate surface area is 108 Å². The van der Waals surface area contributed by atoms with Gasteiger partial charge in [0.2, 0.25) is 0 Å². The van der Waals surface area contributed by atoms with Gasteiger partial charge in [-0.1, -0.05) is 0 Å². The van der Waals surface area contributed by atoms with Crippen LogP contribution in [0.25, 0.3) is 0 Å². The molecule has 0 fully saturated rings. The average Bonchev–Trinajstić information content (AvgIpc) is 2.70. The molecule has 1 heterocycles. The van der Waals surface area contributed by atoms with Crippen molar-refractivity contribution in [1.29, 1.82) is 0 Å². The summed E-state index contributed by atoms with van der Waals surface area (Å²) in [6, 6.07) is 0. The van der Waals surface area contributed by atoms with Gasteiger partial charge in [0, 0.05) is 36.9 Å². The van der Waals surface area contributed by atoms with Crippen LogP contribution < -0.4 is 0 Å². The number of hydrogen-bond donors (Lipinski definition) is 1. The maximum atomic E-state index is 10.7. The number of aromatic nitrogens is 2.